The van der Waals surface area contributed by atoms with E-state index in [1.807, 2.05) is 6.92 Å². The van der Waals surface area contributed by atoms with Gasteiger partial charge in [0.1, 0.15) is 5.69 Å². The molecular weight excluding hydrogens is 264 g/mol. The predicted molar refractivity (Wildman–Crippen MR) is 68.9 cm³/mol. The van der Waals surface area contributed by atoms with E-state index in [2.05, 4.69) is 10.3 Å². The molecule has 0 unspecified atom stereocenters. The summed E-state index contributed by atoms with van der Waals surface area (Å²) in [6.07, 6.45) is -0.378. The largest absolute Gasteiger partial charge is 0.465 e. The van der Waals surface area contributed by atoms with Crippen molar-refractivity contribution >= 4 is 18.3 Å². The van der Waals surface area contributed by atoms with Gasteiger partial charge in [-0.2, -0.15) is 0 Å². The fourth-order valence-corrected chi connectivity index (χ4v) is 2.27. The van der Waals surface area contributed by atoms with Gasteiger partial charge in [-0.05, 0) is 13.8 Å². The fourth-order valence-electron chi connectivity index (χ4n) is 2.27. The maximum Gasteiger partial charge on any atom is 0.407 e. The summed E-state index contributed by atoms with van der Waals surface area (Å²) in [6, 6.07) is -0.196. The third kappa shape index (κ3) is 2.36. The molecule has 1 aliphatic rings. The number of carboxylic acid groups (broad SMARTS) is 1. The standard InChI is InChI=1S/C12H16N4O4/c1-3-16-9(6-17)13-7(2)10(16)11(18)14-8-4-15(5-8)12(19)20/h6,8H,3-5H2,1-2H3,(H,14,18)(H,19,20). The first kappa shape index (κ1) is 14.0. The topological polar surface area (TPSA) is 105 Å². The maximum absolute atomic E-state index is 12.2. The summed E-state index contributed by atoms with van der Waals surface area (Å²) in [6.45, 7) is 4.50. The van der Waals surface area contributed by atoms with Crippen molar-refractivity contribution < 1.29 is 19.5 Å². The number of hydrogen-bond donors (Lipinski definition) is 2. The number of carbonyl (C=O) groups is 3. The summed E-state index contributed by atoms with van der Waals surface area (Å²) >= 11 is 0. The number of imidazole rings is 1. The highest BCUT2D eigenvalue weighted by atomic mass is 16.4. The second-order valence-corrected chi connectivity index (χ2v) is 4.62. The monoisotopic (exact) mass is 280 g/mol. The highest BCUT2D eigenvalue weighted by molar-refractivity contribution is 5.95. The van der Waals surface area contributed by atoms with Crippen LogP contribution < -0.4 is 5.32 Å². The summed E-state index contributed by atoms with van der Waals surface area (Å²) in [4.78, 5) is 39.0. The molecule has 1 fully saturated rings. The first-order valence-corrected chi connectivity index (χ1v) is 6.29. The molecule has 2 N–H and O–H groups in total. The normalized spacial score (nSPS) is 14.8. The van der Waals surface area contributed by atoms with Crippen molar-refractivity contribution in [1.29, 1.82) is 0 Å². The summed E-state index contributed by atoms with van der Waals surface area (Å²) in [5, 5.41) is 11.5. The average Bonchev–Trinajstić information content (AvgIpc) is 2.68. The Balaban J connectivity index is 2.09. The van der Waals surface area contributed by atoms with Crippen LogP contribution in [0.25, 0.3) is 0 Å². The number of rotatable bonds is 4. The molecule has 2 heterocycles. The Hall–Kier alpha value is -2.38. The van der Waals surface area contributed by atoms with E-state index in [1.54, 1.807) is 11.5 Å². The van der Waals surface area contributed by atoms with Crippen LogP contribution in [0, 0.1) is 6.92 Å². The lowest BCUT2D eigenvalue weighted by atomic mass is 10.1. The molecule has 1 aromatic rings. The summed E-state index contributed by atoms with van der Waals surface area (Å²) in [7, 11) is 0. The fraction of sp³-hybridized carbons (Fsp3) is 0.500. The van der Waals surface area contributed by atoms with E-state index in [9.17, 15) is 14.4 Å². The van der Waals surface area contributed by atoms with Crippen molar-refractivity contribution in [1.82, 2.24) is 19.8 Å². The van der Waals surface area contributed by atoms with E-state index in [1.165, 1.54) is 4.90 Å². The molecule has 1 saturated heterocycles. The van der Waals surface area contributed by atoms with Crippen LogP contribution in [-0.2, 0) is 6.54 Å². The SMILES string of the molecule is CCn1c(C=O)nc(C)c1C(=O)NC1CN(C(=O)O)C1. The van der Waals surface area contributed by atoms with Gasteiger partial charge in [-0.3, -0.25) is 9.59 Å². The van der Waals surface area contributed by atoms with Crippen molar-refractivity contribution in [3.05, 3.63) is 17.2 Å². The second-order valence-electron chi connectivity index (χ2n) is 4.62. The van der Waals surface area contributed by atoms with Crippen molar-refractivity contribution in [2.75, 3.05) is 13.1 Å². The molecule has 0 spiro atoms. The quantitative estimate of drug-likeness (QED) is 0.762. The van der Waals surface area contributed by atoms with Crippen LogP contribution in [0.5, 0.6) is 0 Å². The number of aryl methyl sites for hydroxylation is 1. The number of amides is 2. The van der Waals surface area contributed by atoms with E-state index in [0.717, 1.165) is 0 Å². The molecular formula is C12H16N4O4. The summed E-state index contributed by atoms with van der Waals surface area (Å²) in [5.41, 5.74) is 0.837. The smallest absolute Gasteiger partial charge is 0.407 e. The van der Waals surface area contributed by atoms with Gasteiger partial charge in [0, 0.05) is 19.6 Å². The van der Waals surface area contributed by atoms with E-state index in [4.69, 9.17) is 5.11 Å². The van der Waals surface area contributed by atoms with Crippen LogP contribution in [0.15, 0.2) is 0 Å². The number of hydrogen-bond acceptors (Lipinski definition) is 4. The van der Waals surface area contributed by atoms with Gasteiger partial charge in [-0.15, -0.1) is 0 Å². The molecule has 0 bridgehead atoms. The molecule has 0 aromatic carbocycles. The molecule has 8 heteroatoms. The van der Waals surface area contributed by atoms with Gasteiger partial charge >= 0.3 is 6.09 Å². The molecule has 20 heavy (non-hydrogen) atoms. The predicted octanol–water partition coefficient (Wildman–Crippen LogP) is 0.116. The van der Waals surface area contributed by atoms with E-state index in [-0.39, 0.29) is 30.9 Å². The van der Waals surface area contributed by atoms with Crippen LogP contribution in [-0.4, -0.2) is 57.0 Å². The van der Waals surface area contributed by atoms with Crippen molar-refractivity contribution in [3.63, 3.8) is 0 Å². The Bertz CT molecular complexity index is 560. The van der Waals surface area contributed by atoms with Gasteiger partial charge in [0.2, 0.25) is 0 Å². The number of carbonyl (C=O) groups excluding carboxylic acids is 2. The number of likely N-dealkylation sites (tertiary alicyclic amines) is 1. The van der Waals surface area contributed by atoms with Gasteiger partial charge in [0.05, 0.1) is 11.7 Å². The maximum atomic E-state index is 12.2. The molecule has 1 aromatic heterocycles. The van der Waals surface area contributed by atoms with Gasteiger partial charge in [-0.1, -0.05) is 0 Å². The zero-order valence-corrected chi connectivity index (χ0v) is 11.3. The lowest BCUT2D eigenvalue weighted by molar-refractivity contribution is 0.0760. The Labute approximate surface area is 115 Å². The van der Waals surface area contributed by atoms with Crippen molar-refractivity contribution in [3.8, 4) is 0 Å². The average molecular weight is 280 g/mol. The van der Waals surface area contributed by atoms with Crippen LogP contribution in [0.3, 0.4) is 0 Å². The van der Waals surface area contributed by atoms with E-state index >= 15 is 0 Å². The van der Waals surface area contributed by atoms with E-state index in [0.29, 0.717) is 24.2 Å². The second kappa shape index (κ2) is 5.32. The number of aldehydes is 1. The molecule has 2 amide bonds. The van der Waals surface area contributed by atoms with Crippen LogP contribution in [0.1, 0.15) is 33.7 Å². The first-order chi connectivity index (χ1) is 9.47. The molecule has 8 nitrogen and oxygen atoms in total. The molecule has 0 saturated carbocycles. The lowest BCUT2D eigenvalue weighted by Crippen LogP contribution is -2.60. The third-order valence-electron chi connectivity index (χ3n) is 3.30. The Morgan fingerprint density at radius 1 is 1.50 bits per heavy atom. The molecule has 0 aliphatic carbocycles. The molecule has 1 aliphatic heterocycles. The summed E-state index contributed by atoms with van der Waals surface area (Å²) in [5.74, 6) is -0.115. The number of nitrogens with one attached hydrogen (secondary N) is 1. The number of nitrogens with zero attached hydrogens (tertiary/aromatic N) is 3. The molecule has 0 atom stereocenters. The molecule has 0 radical (unpaired) electrons. The third-order valence-corrected chi connectivity index (χ3v) is 3.30. The zero-order valence-electron chi connectivity index (χ0n) is 11.3. The van der Waals surface area contributed by atoms with Gasteiger partial charge in [0.15, 0.2) is 12.1 Å². The van der Waals surface area contributed by atoms with Gasteiger partial charge in [0.25, 0.3) is 5.91 Å². The van der Waals surface area contributed by atoms with Crippen LogP contribution in [0.4, 0.5) is 4.79 Å². The van der Waals surface area contributed by atoms with Crippen molar-refractivity contribution in [2.24, 2.45) is 0 Å². The first-order valence-electron chi connectivity index (χ1n) is 6.29. The summed E-state index contributed by atoms with van der Waals surface area (Å²) < 4.78 is 1.55. The molecule has 2 rings (SSSR count). The van der Waals surface area contributed by atoms with Crippen LogP contribution >= 0.6 is 0 Å². The number of aromatic nitrogens is 2. The molecule has 108 valence electrons. The Kier molecular flexibility index (Phi) is 3.73. The lowest BCUT2D eigenvalue weighted by Gasteiger charge is -2.37. The zero-order chi connectivity index (χ0) is 14.9. The van der Waals surface area contributed by atoms with Crippen molar-refractivity contribution in [2.45, 2.75) is 26.4 Å². The minimum atomic E-state index is -0.992. The highest BCUT2D eigenvalue weighted by Gasteiger charge is 2.32. The minimum absolute atomic E-state index is 0.196. The van der Waals surface area contributed by atoms with Crippen LogP contribution in [0.2, 0.25) is 0 Å². The Morgan fingerprint density at radius 3 is 2.65 bits per heavy atom. The van der Waals surface area contributed by atoms with Gasteiger partial charge in [-0.25, -0.2) is 9.78 Å². The Morgan fingerprint density at radius 2 is 2.15 bits per heavy atom. The highest BCUT2D eigenvalue weighted by Crippen LogP contribution is 2.13. The van der Waals surface area contributed by atoms with Gasteiger partial charge < -0.3 is 19.9 Å². The minimum Gasteiger partial charge on any atom is -0.465 e. The van der Waals surface area contributed by atoms with E-state index < -0.39 is 6.09 Å².